The number of rotatable bonds is 5. The van der Waals surface area contributed by atoms with Crippen LogP contribution in [0.15, 0.2) is 36.4 Å². The molecule has 4 rings (SSSR count). The summed E-state index contributed by atoms with van der Waals surface area (Å²) in [7, 11) is 3.24. The minimum atomic E-state index is -0.361. The Kier molecular flexibility index (Phi) is 4.22. The van der Waals surface area contributed by atoms with Crippen LogP contribution in [0.1, 0.15) is 5.56 Å². The van der Waals surface area contributed by atoms with Crippen LogP contribution in [0.25, 0.3) is 22.4 Å². The molecule has 0 saturated heterocycles. The number of ether oxygens (including phenoxy) is 3. The number of H-pyrrole nitrogens is 1. The van der Waals surface area contributed by atoms with Crippen molar-refractivity contribution in [2.75, 3.05) is 32.3 Å². The second-order valence-corrected chi connectivity index (χ2v) is 6.01. The van der Waals surface area contributed by atoms with Crippen molar-refractivity contribution >= 4 is 22.8 Å². The summed E-state index contributed by atoms with van der Waals surface area (Å²) in [5.41, 5.74) is 4.42. The van der Waals surface area contributed by atoms with Crippen LogP contribution in [0.4, 0.5) is 10.5 Å². The van der Waals surface area contributed by atoms with Crippen LogP contribution < -0.4 is 9.64 Å². The Hall–Kier alpha value is -3.06. The molecule has 0 aliphatic carbocycles. The Morgan fingerprint density at radius 3 is 2.77 bits per heavy atom. The molecular formula is C19H19N3O4. The molecule has 0 fully saturated rings. The molecule has 26 heavy (non-hydrogen) atoms. The molecule has 0 bridgehead atoms. The number of nitrogens with one attached hydrogen (secondary N) is 1. The van der Waals surface area contributed by atoms with Crippen molar-refractivity contribution in [3.63, 3.8) is 0 Å². The van der Waals surface area contributed by atoms with Gasteiger partial charge in [-0.25, -0.2) is 9.78 Å². The van der Waals surface area contributed by atoms with E-state index in [1.165, 1.54) is 0 Å². The zero-order valence-corrected chi connectivity index (χ0v) is 14.6. The summed E-state index contributed by atoms with van der Waals surface area (Å²) >= 11 is 0. The van der Waals surface area contributed by atoms with Crippen LogP contribution in [-0.4, -0.2) is 43.4 Å². The van der Waals surface area contributed by atoms with Gasteiger partial charge in [0.25, 0.3) is 0 Å². The van der Waals surface area contributed by atoms with E-state index in [0.29, 0.717) is 13.2 Å². The van der Waals surface area contributed by atoms with Crippen LogP contribution in [0.2, 0.25) is 0 Å². The number of anilines is 1. The largest absolute Gasteiger partial charge is 0.497 e. The fourth-order valence-electron chi connectivity index (χ4n) is 3.05. The van der Waals surface area contributed by atoms with E-state index < -0.39 is 0 Å². The third-order valence-electron chi connectivity index (χ3n) is 4.43. The lowest BCUT2D eigenvalue weighted by Crippen LogP contribution is -2.38. The van der Waals surface area contributed by atoms with E-state index >= 15 is 0 Å². The fraction of sp³-hybridized carbons (Fsp3) is 0.263. The van der Waals surface area contributed by atoms with E-state index in [9.17, 15) is 4.79 Å². The summed E-state index contributed by atoms with van der Waals surface area (Å²) in [6, 6.07) is 11.6. The summed E-state index contributed by atoms with van der Waals surface area (Å²) in [6.45, 7) is 1.12. The van der Waals surface area contributed by atoms with E-state index in [0.717, 1.165) is 39.4 Å². The van der Waals surface area contributed by atoms with Gasteiger partial charge in [-0.1, -0.05) is 0 Å². The van der Waals surface area contributed by atoms with Crippen molar-refractivity contribution in [2.24, 2.45) is 0 Å². The maximum Gasteiger partial charge on any atom is 0.414 e. The molecule has 0 spiro atoms. The monoisotopic (exact) mass is 353 g/mol. The molecule has 7 heteroatoms. The minimum absolute atomic E-state index is 0.254. The molecule has 1 aliphatic rings. The lowest BCUT2D eigenvalue weighted by atomic mass is 10.1. The number of hydrogen-bond donors (Lipinski definition) is 1. The van der Waals surface area contributed by atoms with Crippen LogP contribution in [-0.2, 0) is 16.1 Å². The van der Waals surface area contributed by atoms with Gasteiger partial charge in [-0.2, -0.15) is 0 Å². The third-order valence-corrected chi connectivity index (χ3v) is 4.43. The van der Waals surface area contributed by atoms with Crippen LogP contribution in [0, 0.1) is 0 Å². The second-order valence-electron chi connectivity index (χ2n) is 6.01. The van der Waals surface area contributed by atoms with Crippen molar-refractivity contribution in [3.05, 3.63) is 42.0 Å². The van der Waals surface area contributed by atoms with E-state index in [1.807, 2.05) is 36.4 Å². The van der Waals surface area contributed by atoms with Crippen molar-refractivity contribution in [2.45, 2.75) is 6.61 Å². The number of nitrogens with zero attached hydrogens (tertiary/aromatic N) is 2. The molecule has 1 amide bonds. The molecule has 1 aliphatic heterocycles. The maximum absolute atomic E-state index is 12.1. The Morgan fingerprint density at radius 1 is 1.23 bits per heavy atom. The Labute approximate surface area is 150 Å². The molecule has 2 aromatic carbocycles. The van der Waals surface area contributed by atoms with Crippen LogP contribution >= 0.6 is 0 Å². The maximum atomic E-state index is 12.1. The van der Waals surface area contributed by atoms with E-state index in [2.05, 4.69) is 9.97 Å². The number of benzene rings is 2. The van der Waals surface area contributed by atoms with Gasteiger partial charge in [0, 0.05) is 18.2 Å². The second kappa shape index (κ2) is 6.68. The summed E-state index contributed by atoms with van der Waals surface area (Å²) in [5.74, 6) is 1.56. The predicted octanol–water partition coefficient (Wildman–Crippen LogP) is 3.34. The summed E-state index contributed by atoms with van der Waals surface area (Å²) in [4.78, 5) is 21.7. The first kappa shape index (κ1) is 16.4. The number of methoxy groups -OCH3 is 2. The van der Waals surface area contributed by atoms with Crippen molar-refractivity contribution in [3.8, 4) is 17.1 Å². The molecule has 0 saturated carbocycles. The number of cyclic esters (lactones) is 1. The third kappa shape index (κ3) is 2.86. The number of carbonyl (C=O) groups is 1. The summed E-state index contributed by atoms with van der Waals surface area (Å²) in [5, 5.41) is 0. The number of hydrogen-bond acceptors (Lipinski definition) is 5. The lowest BCUT2D eigenvalue weighted by molar-refractivity contribution is 0.137. The predicted molar refractivity (Wildman–Crippen MR) is 97.5 cm³/mol. The van der Waals surface area contributed by atoms with E-state index in [-0.39, 0.29) is 12.7 Å². The zero-order chi connectivity index (χ0) is 18.1. The number of amides is 1. The number of imidazole rings is 1. The van der Waals surface area contributed by atoms with Gasteiger partial charge in [0.1, 0.15) is 18.2 Å². The average Bonchev–Trinajstić information content (AvgIpc) is 3.09. The number of aromatic nitrogens is 2. The molecule has 1 N–H and O–H groups in total. The molecule has 7 nitrogen and oxygen atoms in total. The van der Waals surface area contributed by atoms with Gasteiger partial charge in [0.05, 0.1) is 37.0 Å². The van der Waals surface area contributed by atoms with Gasteiger partial charge in [0.15, 0.2) is 0 Å². The molecular weight excluding hydrogens is 334 g/mol. The molecule has 1 aromatic heterocycles. The standard InChI is InChI=1S/C19H19N3O4/c1-24-8-7-22-17-10-16-15(9-13(17)11-26-19(22)23)20-18(21-16)12-3-5-14(25-2)6-4-12/h3-6,9-10H,7-8,11H2,1-2H3,(H,20,21). The summed E-state index contributed by atoms with van der Waals surface area (Å²) < 4.78 is 15.6. The average molecular weight is 353 g/mol. The molecule has 0 unspecified atom stereocenters. The van der Waals surface area contributed by atoms with Gasteiger partial charge >= 0.3 is 6.09 Å². The molecule has 134 valence electrons. The minimum Gasteiger partial charge on any atom is -0.497 e. The van der Waals surface area contributed by atoms with E-state index in [1.54, 1.807) is 19.1 Å². The molecule has 3 aromatic rings. The van der Waals surface area contributed by atoms with Gasteiger partial charge < -0.3 is 19.2 Å². The number of carbonyl (C=O) groups excluding carboxylic acids is 1. The highest BCUT2D eigenvalue weighted by molar-refractivity contribution is 5.94. The molecule has 0 radical (unpaired) electrons. The van der Waals surface area contributed by atoms with Gasteiger partial charge in [-0.05, 0) is 36.4 Å². The Morgan fingerprint density at radius 2 is 2.04 bits per heavy atom. The number of fused-ring (bicyclic) bond motifs is 2. The quantitative estimate of drug-likeness (QED) is 0.761. The highest BCUT2D eigenvalue weighted by Crippen LogP contribution is 2.32. The first-order chi connectivity index (χ1) is 12.7. The molecule has 2 heterocycles. The SMILES string of the molecule is COCCN1C(=O)OCc2cc3[nH]c(-c4ccc(OC)cc4)nc3cc21. The first-order valence-corrected chi connectivity index (χ1v) is 8.30. The zero-order valence-electron chi connectivity index (χ0n) is 14.6. The highest BCUT2D eigenvalue weighted by Gasteiger charge is 2.26. The fourth-order valence-corrected chi connectivity index (χ4v) is 3.05. The van der Waals surface area contributed by atoms with Crippen LogP contribution in [0.5, 0.6) is 5.75 Å². The van der Waals surface area contributed by atoms with Gasteiger partial charge in [-0.15, -0.1) is 0 Å². The first-order valence-electron chi connectivity index (χ1n) is 8.30. The normalized spacial score (nSPS) is 13.6. The number of aromatic amines is 1. The smallest absolute Gasteiger partial charge is 0.414 e. The van der Waals surface area contributed by atoms with Gasteiger partial charge in [-0.3, -0.25) is 4.90 Å². The molecule has 0 atom stereocenters. The highest BCUT2D eigenvalue weighted by atomic mass is 16.6. The van der Waals surface area contributed by atoms with Gasteiger partial charge in [0.2, 0.25) is 0 Å². The summed E-state index contributed by atoms with van der Waals surface area (Å²) in [6.07, 6.45) is -0.361. The Balaban J connectivity index is 1.73. The van der Waals surface area contributed by atoms with Crippen LogP contribution in [0.3, 0.4) is 0 Å². The van der Waals surface area contributed by atoms with E-state index in [4.69, 9.17) is 14.2 Å². The topological polar surface area (TPSA) is 76.7 Å². The van der Waals surface area contributed by atoms with Crippen molar-refractivity contribution in [1.29, 1.82) is 0 Å². The van der Waals surface area contributed by atoms with Crippen molar-refractivity contribution in [1.82, 2.24) is 9.97 Å². The van der Waals surface area contributed by atoms with Crippen molar-refractivity contribution < 1.29 is 19.0 Å². The Bertz CT molecular complexity index is 949. The lowest BCUT2D eigenvalue weighted by Gasteiger charge is -2.28.